The normalized spacial score (nSPS) is 14.5. The number of para-hydroxylation sites is 1. The molecule has 192 valence electrons. The number of carbonyl (C=O) groups excluding carboxylic acids is 1. The first-order chi connectivity index (χ1) is 17.2. The number of fused-ring (bicyclic) bond motifs is 1. The molecule has 1 atom stereocenters. The molecular weight excluding hydrogens is 457 g/mol. The summed E-state index contributed by atoms with van der Waals surface area (Å²) in [6.07, 6.45) is 1.86. The highest BCUT2D eigenvalue weighted by Crippen LogP contribution is 2.38. The average molecular weight is 494 g/mol. The number of carbonyl (C=O) groups is 1. The van der Waals surface area contributed by atoms with Gasteiger partial charge in [0, 0.05) is 36.7 Å². The van der Waals surface area contributed by atoms with Crippen LogP contribution in [-0.4, -0.2) is 39.9 Å². The molecule has 1 aliphatic heterocycles. The summed E-state index contributed by atoms with van der Waals surface area (Å²) in [6, 6.07) is 10.4. The third-order valence-corrected chi connectivity index (χ3v) is 6.76. The zero-order valence-corrected chi connectivity index (χ0v) is 21.8. The van der Waals surface area contributed by atoms with Gasteiger partial charge in [-0.15, -0.1) is 0 Å². The van der Waals surface area contributed by atoms with Crippen LogP contribution in [0.4, 0.5) is 14.9 Å². The van der Waals surface area contributed by atoms with E-state index in [4.69, 9.17) is 15.6 Å². The van der Waals surface area contributed by atoms with Crippen LogP contribution in [0.2, 0.25) is 0 Å². The minimum Gasteiger partial charge on any atom is -0.491 e. The fraction of sp³-hybridized carbons (Fsp3) is 0.429. The van der Waals surface area contributed by atoms with Gasteiger partial charge in [0.25, 0.3) is 0 Å². The van der Waals surface area contributed by atoms with Gasteiger partial charge >= 0.3 is 6.03 Å². The molecule has 0 aliphatic carbocycles. The Balaban J connectivity index is 1.90. The van der Waals surface area contributed by atoms with E-state index in [0.717, 1.165) is 59.9 Å². The van der Waals surface area contributed by atoms with Crippen LogP contribution in [0.5, 0.6) is 5.75 Å². The lowest BCUT2D eigenvalue weighted by molar-refractivity contribution is 0.186. The molecule has 1 unspecified atom stereocenters. The maximum Gasteiger partial charge on any atom is 0.316 e. The molecule has 0 saturated heterocycles. The molecule has 0 spiro atoms. The molecule has 2 amide bonds. The molecule has 8 heteroatoms. The highest BCUT2D eigenvalue weighted by molar-refractivity contribution is 5.88. The average Bonchev–Trinajstić information content (AvgIpc) is 3.21. The van der Waals surface area contributed by atoms with E-state index in [9.17, 15) is 4.79 Å². The number of ether oxygens (including phenoxy) is 1. The van der Waals surface area contributed by atoms with Crippen molar-refractivity contribution >= 4 is 11.7 Å². The number of nitrogens with zero attached hydrogens (tertiary/aromatic N) is 3. The minimum atomic E-state index is -0.805. The summed E-state index contributed by atoms with van der Waals surface area (Å²) in [5.74, 6) is 0.562. The number of nitrogens with two attached hydrogens (primary N) is 1. The molecule has 3 aromatic rings. The van der Waals surface area contributed by atoms with E-state index in [2.05, 4.69) is 37.9 Å². The smallest absolute Gasteiger partial charge is 0.316 e. The van der Waals surface area contributed by atoms with Gasteiger partial charge in [-0.3, -0.25) is 4.90 Å². The predicted molar refractivity (Wildman–Crippen MR) is 141 cm³/mol. The van der Waals surface area contributed by atoms with Crippen LogP contribution in [0.15, 0.2) is 36.4 Å². The summed E-state index contributed by atoms with van der Waals surface area (Å²) >= 11 is 0. The first kappa shape index (κ1) is 25.7. The molecule has 4 rings (SSSR count). The highest BCUT2D eigenvalue weighted by Gasteiger charge is 2.29. The Morgan fingerprint density at radius 2 is 2.03 bits per heavy atom. The Hall–Kier alpha value is -3.39. The summed E-state index contributed by atoms with van der Waals surface area (Å²) in [7, 11) is 0. The maximum absolute atomic E-state index is 15.1. The van der Waals surface area contributed by atoms with Gasteiger partial charge < -0.3 is 15.8 Å². The van der Waals surface area contributed by atoms with Gasteiger partial charge in [0.2, 0.25) is 0 Å². The molecule has 7 nitrogen and oxygen atoms in total. The van der Waals surface area contributed by atoms with Crippen molar-refractivity contribution in [3.63, 3.8) is 0 Å². The van der Waals surface area contributed by atoms with Crippen LogP contribution >= 0.6 is 0 Å². The monoisotopic (exact) mass is 493 g/mol. The third-order valence-electron chi connectivity index (χ3n) is 6.76. The molecule has 0 fully saturated rings. The van der Waals surface area contributed by atoms with Gasteiger partial charge in [0.05, 0.1) is 23.7 Å². The van der Waals surface area contributed by atoms with Crippen LogP contribution in [0.3, 0.4) is 0 Å². The number of urea groups is 1. The quantitative estimate of drug-likeness (QED) is 0.423. The Morgan fingerprint density at radius 1 is 1.25 bits per heavy atom. The molecule has 1 aliphatic rings. The van der Waals surface area contributed by atoms with Crippen molar-refractivity contribution in [2.45, 2.75) is 60.0 Å². The zero-order valence-electron chi connectivity index (χ0n) is 21.8. The van der Waals surface area contributed by atoms with Gasteiger partial charge in [0.15, 0.2) is 0 Å². The number of anilines is 1. The lowest BCUT2D eigenvalue weighted by Gasteiger charge is -2.31. The van der Waals surface area contributed by atoms with Crippen LogP contribution in [0, 0.1) is 18.7 Å². The molecule has 0 bridgehead atoms. The number of hydrogen-bond acceptors (Lipinski definition) is 4. The van der Waals surface area contributed by atoms with Gasteiger partial charge in [-0.25, -0.2) is 13.9 Å². The van der Waals surface area contributed by atoms with E-state index >= 15 is 4.39 Å². The second-order valence-electron chi connectivity index (χ2n) is 9.97. The summed E-state index contributed by atoms with van der Waals surface area (Å²) in [6.45, 7) is 12.9. The molecule has 2 aromatic carbocycles. The summed E-state index contributed by atoms with van der Waals surface area (Å²) in [5, 5.41) is 7.41. The number of hydrogen-bond donors (Lipinski definition) is 2. The van der Waals surface area contributed by atoms with Crippen molar-refractivity contribution in [2.24, 2.45) is 11.7 Å². The number of aryl methyl sites for hydroxylation is 1. The van der Waals surface area contributed by atoms with Gasteiger partial charge in [-0.05, 0) is 49.9 Å². The van der Waals surface area contributed by atoms with Crippen LogP contribution in [0.25, 0.3) is 16.9 Å². The number of rotatable bonds is 8. The van der Waals surface area contributed by atoms with Crippen LogP contribution < -0.4 is 15.8 Å². The van der Waals surface area contributed by atoms with E-state index in [0.29, 0.717) is 24.1 Å². The lowest BCUT2D eigenvalue weighted by Crippen LogP contribution is -2.37. The number of halogens is 1. The van der Waals surface area contributed by atoms with Crippen molar-refractivity contribution < 1.29 is 13.9 Å². The predicted octanol–water partition coefficient (Wildman–Crippen LogP) is 5.67. The molecule has 36 heavy (non-hydrogen) atoms. The fourth-order valence-electron chi connectivity index (χ4n) is 4.66. The maximum atomic E-state index is 15.1. The minimum absolute atomic E-state index is 0.0456. The number of nitrogens with one attached hydrogen (secondary N) is 1. The Labute approximate surface area is 212 Å². The third kappa shape index (κ3) is 5.23. The summed E-state index contributed by atoms with van der Waals surface area (Å²) < 4.78 is 23.2. The molecule has 2 heterocycles. The number of aromatic nitrogens is 2. The number of benzene rings is 2. The molecule has 3 N–H and O–H groups in total. The Morgan fingerprint density at radius 3 is 2.69 bits per heavy atom. The van der Waals surface area contributed by atoms with Crippen LogP contribution in [-0.2, 0) is 13.0 Å². The number of amides is 2. The van der Waals surface area contributed by atoms with Gasteiger partial charge in [-0.1, -0.05) is 39.0 Å². The zero-order chi connectivity index (χ0) is 26.0. The molecule has 0 saturated carbocycles. The van der Waals surface area contributed by atoms with E-state index < -0.39 is 11.8 Å². The van der Waals surface area contributed by atoms with E-state index in [-0.39, 0.29) is 5.69 Å². The van der Waals surface area contributed by atoms with E-state index in [1.54, 1.807) is 12.1 Å². The SMILES string of the molecule is CCC(C)N1CCc2nn(-c3c(C)cccc3OCC(C)C)c(-c3ccc(NC(N)=O)c(F)c3)c2C1. The fourth-order valence-corrected chi connectivity index (χ4v) is 4.66. The Kier molecular flexibility index (Phi) is 7.64. The summed E-state index contributed by atoms with van der Waals surface area (Å²) in [4.78, 5) is 13.7. The van der Waals surface area contributed by atoms with Crippen molar-refractivity contribution in [1.29, 1.82) is 0 Å². The summed E-state index contributed by atoms with van der Waals surface area (Å²) in [5.41, 5.74) is 10.8. The largest absolute Gasteiger partial charge is 0.491 e. The first-order valence-corrected chi connectivity index (χ1v) is 12.6. The van der Waals surface area contributed by atoms with E-state index in [1.807, 2.05) is 29.8 Å². The van der Waals surface area contributed by atoms with Gasteiger partial charge in [-0.2, -0.15) is 5.10 Å². The second-order valence-corrected chi connectivity index (χ2v) is 9.97. The molecule has 1 aromatic heterocycles. The lowest BCUT2D eigenvalue weighted by atomic mass is 9.98. The standard InChI is InChI=1S/C28H36FN5O2/c1-6-19(5)33-13-12-23-21(15-33)27(20-10-11-24(22(29)14-20)31-28(30)35)34(32-23)26-18(4)8-7-9-25(26)36-16-17(2)3/h7-11,14,17,19H,6,12-13,15-16H2,1-5H3,(H3,30,31,35). The second kappa shape index (κ2) is 10.7. The van der Waals surface area contributed by atoms with Crippen molar-refractivity contribution in [3.05, 3.63) is 59.0 Å². The van der Waals surface area contributed by atoms with Gasteiger partial charge in [0.1, 0.15) is 17.3 Å². The first-order valence-electron chi connectivity index (χ1n) is 12.6. The topological polar surface area (TPSA) is 85.4 Å². The van der Waals surface area contributed by atoms with Crippen molar-refractivity contribution in [2.75, 3.05) is 18.5 Å². The van der Waals surface area contributed by atoms with Crippen LogP contribution in [0.1, 0.15) is 50.9 Å². The number of primary amides is 1. The van der Waals surface area contributed by atoms with Crippen molar-refractivity contribution in [3.8, 4) is 22.7 Å². The molecule has 0 radical (unpaired) electrons. The Bertz CT molecular complexity index is 1250. The highest BCUT2D eigenvalue weighted by atomic mass is 19.1. The van der Waals surface area contributed by atoms with Crippen molar-refractivity contribution in [1.82, 2.24) is 14.7 Å². The van der Waals surface area contributed by atoms with E-state index in [1.165, 1.54) is 6.07 Å². The molecular formula is C28H36FN5O2.